The highest BCUT2D eigenvalue weighted by atomic mass is 16.5. The lowest BCUT2D eigenvalue weighted by molar-refractivity contribution is 0.0955. The monoisotopic (exact) mass is 369 g/mol. The number of methoxy groups -OCH3 is 1. The summed E-state index contributed by atoms with van der Waals surface area (Å²) in [6, 6.07) is 23.2. The molecule has 0 aliphatic carbocycles. The molecule has 5 nitrogen and oxygen atoms in total. The maximum Gasteiger partial charge on any atom is 0.271 e. The van der Waals surface area contributed by atoms with Gasteiger partial charge in [0, 0.05) is 29.2 Å². The van der Waals surface area contributed by atoms with Crippen LogP contribution < -0.4 is 10.2 Å². The van der Waals surface area contributed by atoms with Gasteiger partial charge in [-0.2, -0.15) is 5.10 Å². The Kier molecular flexibility index (Phi) is 4.89. The maximum atomic E-state index is 12.3. The number of carbonyl (C=O) groups is 1. The highest BCUT2D eigenvalue weighted by Crippen LogP contribution is 2.16. The fraction of sp³-hybridized carbons (Fsp3) is 0.0435. The number of fused-ring (bicyclic) bond motifs is 1. The van der Waals surface area contributed by atoms with E-state index in [-0.39, 0.29) is 5.91 Å². The predicted molar refractivity (Wildman–Crippen MR) is 111 cm³/mol. The van der Waals surface area contributed by atoms with Gasteiger partial charge in [0.1, 0.15) is 5.75 Å². The van der Waals surface area contributed by atoms with Gasteiger partial charge in [0.15, 0.2) is 0 Å². The minimum Gasteiger partial charge on any atom is -0.497 e. The van der Waals surface area contributed by atoms with E-state index in [2.05, 4.69) is 10.5 Å². The van der Waals surface area contributed by atoms with Crippen molar-refractivity contribution in [3.8, 4) is 11.4 Å². The fourth-order valence-electron chi connectivity index (χ4n) is 2.96. The first-order valence-corrected chi connectivity index (χ1v) is 8.87. The van der Waals surface area contributed by atoms with Gasteiger partial charge in [-0.3, -0.25) is 4.79 Å². The van der Waals surface area contributed by atoms with Crippen molar-refractivity contribution >= 4 is 22.9 Å². The number of aromatic nitrogens is 1. The molecule has 0 saturated heterocycles. The number of hydrazone groups is 1. The van der Waals surface area contributed by atoms with Gasteiger partial charge < -0.3 is 9.30 Å². The summed E-state index contributed by atoms with van der Waals surface area (Å²) in [6.07, 6.45) is 5.50. The van der Waals surface area contributed by atoms with Crippen LogP contribution in [0.5, 0.6) is 5.75 Å². The second kappa shape index (κ2) is 7.80. The lowest BCUT2D eigenvalue weighted by atomic mass is 10.1. The average Bonchev–Trinajstić information content (AvgIpc) is 3.22. The first-order valence-electron chi connectivity index (χ1n) is 8.87. The minimum atomic E-state index is -0.239. The van der Waals surface area contributed by atoms with E-state index >= 15 is 0 Å². The Morgan fingerprint density at radius 2 is 1.79 bits per heavy atom. The number of nitrogens with one attached hydrogen (secondary N) is 1. The first kappa shape index (κ1) is 17.5. The van der Waals surface area contributed by atoms with Gasteiger partial charge >= 0.3 is 0 Å². The Labute approximate surface area is 162 Å². The van der Waals surface area contributed by atoms with Crippen LogP contribution in [0.3, 0.4) is 0 Å². The van der Waals surface area contributed by atoms with Gasteiger partial charge in [-0.25, -0.2) is 5.43 Å². The molecule has 0 atom stereocenters. The van der Waals surface area contributed by atoms with Crippen LogP contribution in [0.1, 0.15) is 15.9 Å². The standard InChI is InChI=1S/C23H19N3O2/c1-28-22-10-8-21(9-11-22)26-13-12-17(16-26)15-24-25-23(27)20-7-6-18-4-2-3-5-19(18)14-20/h2-16H,1H3,(H,25,27)/b24-15-. The van der Waals surface area contributed by atoms with Crippen molar-refractivity contribution in [2.75, 3.05) is 7.11 Å². The number of amides is 1. The van der Waals surface area contributed by atoms with Gasteiger partial charge in [0.25, 0.3) is 5.91 Å². The molecular formula is C23H19N3O2. The highest BCUT2D eigenvalue weighted by Gasteiger charge is 2.05. The Morgan fingerprint density at radius 3 is 2.57 bits per heavy atom. The molecule has 0 aliphatic heterocycles. The maximum absolute atomic E-state index is 12.3. The summed E-state index contributed by atoms with van der Waals surface area (Å²) in [6.45, 7) is 0. The van der Waals surface area contributed by atoms with Crippen molar-refractivity contribution in [1.29, 1.82) is 0 Å². The van der Waals surface area contributed by atoms with E-state index in [1.165, 1.54) is 0 Å². The van der Waals surface area contributed by atoms with Gasteiger partial charge in [-0.05, 0) is 53.2 Å². The van der Waals surface area contributed by atoms with Crippen LogP contribution in [0.25, 0.3) is 16.5 Å². The molecule has 1 N–H and O–H groups in total. The molecule has 0 spiro atoms. The second-order valence-corrected chi connectivity index (χ2v) is 6.31. The predicted octanol–water partition coefficient (Wildman–Crippen LogP) is 4.40. The summed E-state index contributed by atoms with van der Waals surface area (Å²) >= 11 is 0. The molecule has 3 aromatic carbocycles. The number of rotatable bonds is 5. The van der Waals surface area contributed by atoms with Crippen molar-refractivity contribution in [2.45, 2.75) is 0 Å². The largest absolute Gasteiger partial charge is 0.497 e. The van der Waals surface area contributed by atoms with Crippen molar-refractivity contribution in [3.05, 3.63) is 96.3 Å². The third-order valence-electron chi connectivity index (χ3n) is 4.48. The molecule has 0 bridgehead atoms. The molecular weight excluding hydrogens is 350 g/mol. The second-order valence-electron chi connectivity index (χ2n) is 6.31. The Balaban J connectivity index is 1.42. The Bertz CT molecular complexity index is 1140. The topological polar surface area (TPSA) is 55.6 Å². The minimum absolute atomic E-state index is 0.239. The van der Waals surface area contributed by atoms with Gasteiger partial charge in [-0.1, -0.05) is 30.3 Å². The summed E-state index contributed by atoms with van der Waals surface area (Å²) in [5, 5.41) is 6.20. The van der Waals surface area contributed by atoms with E-state index in [1.807, 2.05) is 83.7 Å². The zero-order valence-electron chi connectivity index (χ0n) is 15.4. The van der Waals surface area contributed by atoms with Gasteiger partial charge in [0.05, 0.1) is 13.3 Å². The number of nitrogens with zero attached hydrogens (tertiary/aromatic N) is 2. The quantitative estimate of drug-likeness (QED) is 0.419. The normalized spacial score (nSPS) is 11.0. The fourth-order valence-corrected chi connectivity index (χ4v) is 2.96. The smallest absolute Gasteiger partial charge is 0.271 e. The molecule has 0 radical (unpaired) electrons. The van der Waals surface area contributed by atoms with Crippen LogP contribution in [-0.4, -0.2) is 23.8 Å². The molecule has 138 valence electrons. The van der Waals surface area contributed by atoms with Crippen molar-refractivity contribution in [3.63, 3.8) is 0 Å². The SMILES string of the molecule is COc1ccc(-n2ccc(/C=N\NC(=O)c3ccc4ccccc4c3)c2)cc1. The average molecular weight is 369 g/mol. The number of benzene rings is 3. The first-order chi connectivity index (χ1) is 13.7. The summed E-state index contributed by atoms with van der Waals surface area (Å²) in [5.74, 6) is 0.575. The van der Waals surface area contributed by atoms with E-state index in [4.69, 9.17) is 4.74 Å². The van der Waals surface area contributed by atoms with Crippen molar-refractivity contribution in [2.24, 2.45) is 5.10 Å². The number of hydrogen-bond acceptors (Lipinski definition) is 3. The summed E-state index contributed by atoms with van der Waals surface area (Å²) in [5.41, 5.74) is 5.05. The van der Waals surface area contributed by atoms with Gasteiger partial charge in [-0.15, -0.1) is 0 Å². The molecule has 0 fully saturated rings. The number of ether oxygens (including phenoxy) is 1. The molecule has 4 aromatic rings. The van der Waals surface area contributed by atoms with Crippen molar-refractivity contribution in [1.82, 2.24) is 9.99 Å². The van der Waals surface area contributed by atoms with Crippen LogP contribution in [-0.2, 0) is 0 Å². The lowest BCUT2D eigenvalue weighted by Gasteiger charge is -2.04. The molecule has 0 saturated carbocycles. The van der Waals surface area contributed by atoms with Crippen LogP contribution in [0.15, 0.2) is 90.3 Å². The summed E-state index contributed by atoms with van der Waals surface area (Å²) < 4.78 is 7.15. The zero-order valence-corrected chi connectivity index (χ0v) is 15.4. The van der Waals surface area contributed by atoms with Crippen LogP contribution in [0.4, 0.5) is 0 Å². The van der Waals surface area contributed by atoms with E-state index in [9.17, 15) is 4.79 Å². The van der Waals surface area contributed by atoms with Crippen LogP contribution >= 0.6 is 0 Å². The highest BCUT2D eigenvalue weighted by molar-refractivity contribution is 5.98. The zero-order chi connectivity index (χ0) is 19.3. The van der Waals surface area contributed by atoms with Crippen LogP contribution in [0, 0.1) is 0 Å². The van der Waals surface area contributed by atoms with E-state index < -0.39 is 0 Å². The van der Waals surface area contributed by atoms with Gasteiger partial charge in [0.2, 0.25) is 0 Å². The molecule has 4 rings (SSSR count). The third-order valence-corrected chi connectivity index (χ3v) is 4.48. The summed E-state index contributed by atoms with van der Waals surface area (Å²) in [4.78, 5) is 12.3. The lowest BCUT2D eigenvalue weighted by Crippen LogP contribution is -2.17. The van der Waals surface area contributed by atoms with E-state index in [1.54, 1.807) is 19.4 Å². The Morgan fingerprint density at radius 1 is 1.00 bits per heavy atom. The molecule has 0 unspecified atom stereocenters. The molecule has 1 aromatic heterocycles. The molecule has 1 amide bonds. The molecule has 28 heavy (non-hydrogen) atoms. The van der Waals surface area contributed by atoms with E-state index in [0.29, 0.717) is 5.56 Å². The van der Waals surface area contributed by atoms with Crippen molar-refractivity contribution < 1.29 is 9.53 Å². The number of hydrogen-bond donors (Lipinski definition) is 1. The Hall–Kier alpha value is -3.86. The number of carbonyl (C=O) groups excluding carboxylic acids is 1. The molecule has 0 aliphatic rings. The third kappa shape index (κ3) is 3.78. The van der Waals surface area contributed by atoms with Crippen LogP contribution in [0.2, 0.25) is 0 Å². The molecule has 5 heteroatoms. The molecule has 1 heterocycles. The van der Waals surface area contributed by atoms with E-state index in [0.717, 1.165) is 27.8 Å². The summed E-state index contributed by atoms with van der Waals surface area (Å²) in [7, 11) is 1.64.